The minimum atomic E-state index is -0.381. The zero-order chi connectivity index (χ0) is 25.9. The van der Waals surface area contributed by atoms with E-state index in [2.05, 4.69) is 0 Å². The van der Waals surface area contributed by atoms with Crippen molar-refractivity contribution in [3.8, 4) is 5.75 Å². The van der Waals surface area contributed by atoms with Gasteiger partial charge >= 0.3 is 0 Å². The summed E-state index contributed by atoms with van der Waals surface area (Å²) >= 11 is 12.1. The molecule has 37 heavy (non-hydrogen) atoms. The topological polar surface area (TPSA) is 45.1 Å². The average molecular weight is 530 g/mol. The Bertz CT molecular complexity index is 1420. The predicted octanol–water partition coefficient (Wildman–Crippen LogP) is 7.81. The second-order valence-corrected chi connectivity index (χ2v) is 9.74. The summed E-state index contributed by atoms with van der Waals surface area (Å²) < 4.78 is 5.99. The molecule has 0 spiro atoms. The van der Waals surface area contributed by atoms with Crippen molar-refractivity contribution >= 4 is 46.2 Å². The molecule has 4 aromatic rings. The van der Waals surface area contributed by atoms with E-state index in [-0.39, 0.29) is 11.9 Å². The van der Waals surface area contributed by atoms with Crippen molar-refractivity contribution in [2.24, 2.45) is 5.10 Å². The SMILES string of the molecule is CC(=O)C1=NN(c2ccc(Cl)cc2)[C@H](c2ccc(OCc3ccc(Cl)cc3)cc2)N1c1ccc(C)cc1. The van der Waals surface area contributed by atoms with Gasteiger partial charge in [-0.25, -0.2) is 5.01 Å². The summed E-state index contributed by atoms with van der Waals surface area (Å²) in [7, 11) is 0. The first-order valence-corrected chi connectivity index (χ1v) is 12.6. The standard InChI is InChI=1S/C30H25Cl2N3O2/c1-20-3-13-26(14-4-20)34-29(21(2)36)33-35(27-15-11-25(32)12-16-27)30(34)23-7-17-28(18-8-23)37-19-22-5-9-24(31)10-6-22/h3-18,30H,19H2,1-2H3/t30-/m1/s1. The monoisotopic (exact) mass is 529 g/mol. The fraction of sp³-hybridized carbons (Fsp3) is 0.133. The summed E-state index contributed by atoms with van der Waals surface area (Å²) in [6.45, 7) is 4.01. The summed E-state index contributed by atoms with van der Waals surface area (Å²) in [6, 6.07) is 31.0. The smallest absolute Gasteiger partial charge is 0.198 e. The lowest BCUT2D eigenvalue weighted by Crippen LogP contribution is -2.37. The van der Waals surface area contributed by atoms with Crippen LogP contribution >= 0.6 is 23.2 Å². The number of ketones is 1. The maximum atomic E-state index is 12.8. The van der Waals surface area contributed by atoms with Crippen LogP contribution in [0.1, 0.15) is 29.8 Å². The Balaban J connectivity index is 1.49. The van der Waals surface area contributed by atoms with Crippen LogP contribution in [0.15, 0.2) is 102 Å². The van der Waals surface area contributed by atoms with E-state index in [9.17, 15) is 4.79 Å². The summed E-state index contributed by atoms with van der Waals surface area (Å²) in [4.78, 5) is 14.7. The molecule has 0 saturated heterocycles. The third-order valence-electron chi connectivity index (χ3n) is 6.12. The molecule has 186 valence electrons. The van der Waals surface area contributed by atoms with E-state index >= 15 is 0 Å². The molecule has 0 aliphatic carbocycles. The predicted molar refractivity (Wildman–Crippen MR) is 151 cm³/mol. The van der Waals surface area contributed by atoms with Crippen molar-refractivity contribution in [3.05, 3.63) is 124 Å². The minimum absolute atomic E-state index is 0.120. The Morgan fingerprint density at radius 2 is 1.38 bits per heavy atom. The van der Waals surface area contributed by atoms with Gasteiger partial charge in [0.2, 0.25) is 0 Å². The van der Waals surface area contributed by atoms with Crippen LogP contribution in [-0.4, -0.2) is 11.6 Å². The zero-order valence-corrected chi connectivity index (χ0v) is 21.9. The van der Waals surface area contributed by atoms with Crippen LogP contribution in [0.4, 0.5) is 11.4 Å². The van der Waals surface area contributed by atoms with Gasteiger partial charge in [-0.15, -0.1) is 5.10 Å². The van der Waals surface area contributed by atoms with Crippen molar-refractivity contribution in [3.63, 3.8) is 0 Å². The van der Waals surface area contributed by atoms with Crippen molar-refractivity contribution < 1.29 is 9.53 Å². The van der Waals surface area contributed by atoms with Crippen molar-refractivity contribution in [2.45, 2.75) is 26.6 Å². The normalized spacial score (nSPS) is 15.0. The number of hydrogen-bond donors (Lipinski definition) is 0. The number of amidine groups is 1. The molecular formula is C30H25Cl2N3O2. The second kappa shape index (κ2) is 10.7. The fourth-order valence-electron chi connectivity index (χ4n) is 4.21. The van der Waals surface area contributed by atoms with Crippen LogP contribution in [-0.2, 0) is 11.4 Å². The van der Waals surface area contributed by atoms with E-state index in [0.717, 1.165) is 33.8 Å². The highest BCUT2D eigenvalue weighted by molar-refractivity contribution is 6.44. The maximum Gasteiger partial charge on any atom is 0.198 e. The van der Waals surface area contributed by atoms with Crippen LogP contribution in [0, 0.1) is 6.92 Å². The molecule has 1 aliphatic rings. The highest BCUT2D eigenvalue weighted by atomic mass is 35.5. The van der Waals surface area contributed by atoms with Crippen LogP contribution in [0.2, 0.25) is 10.0 Å². The molecule has 0 bridgehead atoms. The van der Waals surface area contributed by atoms with Gasteiger partial charge < -0.3 is 4.74 Å². The van der Waals surface area contributed by atoms with Crippen LogP contribution in [0.3, 0.4) is 0 Å². The Morgan fingerprint density at radius 1 is 0.811 bits per heavy atom. The second-order valence-electron chi connectivity index (χ2n) is 8.86. The Labute approximate surface area is 226 Å². The molecule has 0 N–H and O–H groups in total. The molecule has 1 heterocycles. The van der Waals surface area contributed by atoms with E-state index in [1.165, 1.54) is 6.92 Å². The van der Waals surface area contributed by atoms with Gasteiger partial charge in [0.05, 0.1) is 5.69 Å². The van der Waals surface area contributed by atoms with Crippen molar-refractivity contribution in [2.75, 3.05) is 9.91 Å². The first-order valence-electron chi connectivity index (χ1n) is 11.9. The van der Waals surface area contributed by atoms with Gasteiger partial charge in [0, 0.05) is 22.7 Å². The first-order chi connectivity index (χ1) is 17.9. The summed E-state index contributed by atoms with van der Waals surface area (Å²) in [6.07, 6.45) is -0.381. The van der Waals surface area contributed by atoms with E-state index in [4.69, 9.17) is 33.0 Å². The van der Waals surface area contributed by atoms with Crippen LogP contribution in [0.25, 0.3) is 0 Å². The molecule has 4 aromatic carbocycles. The molecule has 1 aliphatic heterocycles. The molecule has 0 radical (unpaired) electrons. The third-order valence-corrected chi connectivity index (χ3v) is 6.63. The number of Topliss-reactive ketones (excluding diaryl/α,β-unsaturated/α-hetero) is 1. The number of rotatable bonds is 7. The van der Waals surface area contributed by atoms with E-state index in [1.807, 2.05) is 114 Å². The van der Waals surface area contributed by atoms with E-state index in [1.54, 1.807) is 0 Å². The van der Waals surface area contributed by atoms with Gasteiger partial charge in [-0.1, -0.05) is 65.2 Å². The van der Waals surface area contributed by atoms with Gasteiger partial charge in [-0.3, -0.25) is 9.69 Å². The number of anilines is 2. The molecule has 1 atom stereocenters. The summed E-state index contributed by atoms with van der Waals surface area (Å²) in [5.41, 5.74) is 4.82. The summed E-state index contributed by atoms with van der Waals surface area (Å²) in [5.74, 6) is 0.987. The zero-order valence-electron chi connectivity index (χ0n) is 20.4. The fourth-order valence-corrected chi connectivity index (χ4v) is 4.46. The molecule has 7 heteroatoms. The molecule has 0 aromatic heterocycles. The lowest BCUT2D eigenvalue weighted by atomic mass is 10.1. The van der Waals surface area contributed by atoms with E-state index < -0.39 is 0 Å². The largest absolute Gasteiger partial charge is 0.489 e. The van der Waals surface area contributed by atoms with E-state index in [0.29, 0.717) is 22.5 Å². The highest BCUT2D eigenvalue weighted by Crippen LogP contribution is 2.39. The molecule has 5 nitrogen and oxygen atoms in total. The molecule has 5 rings (SSSR count). The Kier molecular flexibility index (Phi) is 7.17. The van der Waals surface area contributed by atoms with Gasteiger partial charge in [-0.05, 0) is 78.7 Å². The lowest BCUT2D eigenvalue weighted by molar-refractivity contribution is -0.111. The number of halogens is 2. The number of hydrazone groups is 1. The minimum Gasteiger partial charge on any atom is -0.489 e. The van der Waals surface area contributed by atoms with Crippen molar-refractivity contribution in [1.82, 2.24) is 0 Å². The number of nitrogens with zero attached hydrogens (tertiary/aromatic N) is 3. The number of ether oxygens (including phenoxy) is 1. The van der Waals surface area contributed by atoms with Gasteiger partial charge in [0.1, 0.15) is 12.4 Å². The van der Waals surface area contributed by atoms with Crippen LogP contribution in [0.5, 0.6) is 5.75 Å². The summed E-state index contributed by atoms with van der Waals surface area (Å²) in [5, 5.41) is 7.96. The van der Waals surface area contributed by atoms with Gasteiger partial charge in [-0.2, -0.15) is 0 Å². The van der Waals surface area contributed by atoms with Crippen molar-refractivity contribution in [1.29, 1.82) is 0 Å². The molecule has 0 saturated carbocycles. The molecular weight excluding hydrogens is 505 g/mol. The number of carbonyl (C=O) groups excluding carboxylic acids is 1. The quantitative estimate of drug-likeness (QED) is 0.245. The van der Waals surface area contributed by atoms with Gasteiger partial charge in [0.25, 0.3) is 0 Å². The Hall–Kier alpha value is -3.80. The maximum absolute atomic E-state index is 12.8. The number of benzene rings is 4. The highest BCUT2D eigenvalue weighted by Gasteiger charge is 2.39. The number of carbonyl (C=O) groups is 1. The number of hydrogen-bond acceptors (Lipinski definition) is 5. The molecule has 0 unspecified atom stereocenters. The third kappa shape index (κ3) is 5.48. The van der Waals surface area contributed by atoms with Gasteiger partial charge in [0.15, 0.2) is 17.8 Å². The average Bonchev–Trinajstić information content (AvgIpc) is 3.30. The lowest BCUT2D eigenvalue weighted by Gasteiger charge is -2.32. The van der Waals surface area contributed by atoms with Crippen LogP contribution < -0.4 is 14.6 Å². The molecule has 0 fully saturated rings. The molecule has 0 amide bonds. The number of aryl methyl sites for hydroxylation is 1. The first kappa shape index (κ1) is 24.9. The Morgan fingerprint density at radius 3 is 1.97 bits per heavy atom.